The van der Waals surface area contributed by atoms with Crippen molar-refractivity contribution >= 4 is 33.0 Å². The van der Waals surface area contributed by atoms with E-state index in [2.05, 4.69) is 15.9 Å². The quantitative estimate of drug-likeness (QED) is 0.794. The van der Waals surface area contributed by atoms with Gasteiger partial charge in [-0.2, -0.15) is 0 Å². The number of hydrogen-bond acceptors (Lipinski definition) is 3. The highest BCUT2D eigenvalue weighted by atomic mass is 79.9. The van der Waals surface area contributed by atoms with Crippen LogP contribution in [-0.4, -0.2) is 18.5 Å². The van der Waals surface area contributed by atoms with E-state index >= 15 is 0 Å². The number of carbonyl (C=O) groups is 1. The maximum Gasteiger partial charge on any atom is 0.176 e. The number of Topliss-reactive ketones (excluding diaryl/α,β-unsaturated/α-hetero) is 1. The molecule has 82 valence electrons. The molecule has 1 aliphatic rings. The van der Waals surface area contributed by atoms with Gasteiger partial charge in [0.25, 0.3) is 0 Å². The summed E-state index contributed by atoms with van der Waals surface area (Å²) in [7, 11) is 0. The van der Waals surface area contributed by atoms with E-state index in [0.29, 0.717) is 6.42 Å². The highest BCUT2D eigenvalue weighted by Crippen LogP contribution is 2.26. The van der Waals surface area contributed by atoms with E-state index < -0.39 is 0 Å². The van der Waals surface area contributed by atoms with Crippen LogP contribution in [0.2, 0.25) is 0 Å². The van der Waals surface area contributed by atoms with Crippen molar-refractivity contribution in [2.75, 3.05) is 6.61 Å². The highest BCUT2D eigenvalue weighted by Gasteiger charge is 2.20. The molecular weight excluding hydrogens is 276 g/mol. The van der Waals surface area contributed by atoms with Crippen LogP contribution in [0.25, 0.3) is 0 Å². The Morgan fingerprint density at radius 3 is 3.07 bits per heavy atom. The van der Waals surface area contributed by atoms with E-state index in [0.717, 1.165) is 28.8 Å². The largest absolute Gasteiger partial charge is 0.378 e. The van der Waals surface area contributed by atoms with Crippen LogP contribution in [0.15, 0.2) is 15.9 Å². The molecule has 1 aromatic heterocycles. The first kappa shape index (κ1) is 11.3. The maximum atomic E-state index is 11.9. The van der Waals surface area contributed by atoms with Crippen molar-refractivity contribution in [3.05, 3.63) is 20.8 Å². The van der Waals surface area contributed by atoms with Gasteiger partial charge >= 0.3 is 0 Å². The predicted octanol–water partition coefficient (Wildman–Crippen LogP) is 3.65. The number of ketones is 1. The third-order valence-corrected chi connectivity index (χ3v) is 4.44. The van der Waals surface area contributed by atoms with Crippen molar-refractivity contribution < 1.29 is 9.53 Å². The Balaban J connectivity index is 1.94. The lowest BCUT2D eigenvalue weighted by Crippen LogP contribution is -2.22. The number of carbonyl (C=O) groups excluding carboxylic acids is 1. The number of thiophene rings is 1. The fourth-order valence-corrected chi connectivity index (χ4v) is 3.30. The lowest BCUT2D eigenvalue weighted by molar-refractivity contribution is 0.0130. The third-order valence-electron chi connectivity index (χ3n) is 2.56. The van der Waals surface area contributed by atoms with Crippen molar-refractivity contribution in [2.45, 2.75) is 31.8 Å². The molecule has 0 radical (unpaired) electrons. The van der Waals surface area contributed by atoms with Gasteiger partial charge in [0, 0.05) is 17.5 Å². The molecule has 1 aliphatic heterocycles. The first-order valence-electron chi connectivity index (χ1n) is 5.15. The fourth-order valence-electron chi connectivity index (χ4n) is 1.76. The van der Waals surface area contributed by atoms with Gasteiger partial charge in [-0.1, -0.05) is 0 Å². The summed E-state index contributed by atoms with van der Waals surface area (Å²) >= 11 is 4.87. The van der Waals surface area contributed by atoms with Gasteiger partial charge in [-0.25, -0.2) is 0 Å². The van der Waals surface area contributed by atoms with Crippen LogP contribution in [0.1, 0.15) is 35.4 Å². The molecule has 0 aromatic carbocycles. The molecule has 2 nitrogen and oxygen atoms in total. The van der Waals surface area contributed by atoms with Crippen molar-refractivity contribution in [3.63, 3.8) is 0 Å². The molecule has 2 rings (SSSR count). The predicted molar refractivity (Wildman–Crippen MR) is 64.6 cm³/mol. The first-order chi connectivity index (χ1) is 7.27. The Labute approximate surface area is 102 Å². The smallest absolute Gasteiger partial charge is 0.176 e. The lowest BCUT2D eigenvalue weighted by atomic mass is 10.0. The molecule has 0 N–H and O–H groups in total. The summed E-state index contributed by atoms with van der Waals surface area (Å²) in [6.07, 6.45) is 4.00. The summed E-state index contributed by atoms with van der Waals surface area (Å²) in [5.41, 5.74) is 0. The van der Waals surface area contributed by atoms with Gasteiger partial charge < -0.3 is 4.74 Å². The van der Waals surface area contributed by atoms with Crippen LogP contribution in [0.5, 0.6) is 0 Å². The molecule has 1 fully saturated rings. The summed E-state index contributed by atoms with van der Waals surface area (Å²) in [5, 5.41) is 1.93. The minimum atomic E-state index is 0.139. The van der Waals surface area contributed by atoms with Crippen molar-refractivity contribution in [1.82, 2.24) is 0 Å². The van der Waals surface area contributed by atoms with E-state index in [1.807, 2.05) is 11.4 Å². The molecule has 0 bridgehead atoms. The summed E-state index contributed by atoms with van der Waals surface area (Å²) in [6.45, 7) is 0.809. The lowest BCUT2D eigenvalue weighted by Gasteiger charge is -2.21. The second kappa shape index (κ2) is 5.23. The van der Waals surface area contributed by atoms with Gasteiger partial charge in [0.15, 0.2) is 5.78 Å². The van der Waals surface area contributed by atoms with E-state index in [1.165, 1.54) is 17.8 Å². The molecule has 0 spiro atoms. The fraction of sp³-hybridized carbons (Fsp3) is 0.545. The van der Waals surface area contributed by atoms with E-state index in [9.17, 15) is 4.79 Å². The standard InChI is InChI=1S/C11H13BrO2S/c12-9-4-6-15-11(9)10(13)7-8-3-1-2-5-14-8/h4,6,8H,1-3,5,7H2. The molecule has 2 heterocycles. The van der Waals surface area contributed by atoms with Crippen molar-refractivity contribution in [3.8, 4) is 0 Å². The Morgan fingerprint density at radius 1 is 1.60 bits per heavy atom. The summed E-state index contributed by atoms with van der Waals surface area (Å²) in [6, 6.07) is 1.92. The normalized spacial score (nSPS) is 21.5. The van der Waals surface area contributed by atoms with Crippen LogP contribution in [-0.2, 0) is 4.74 Å². The number of hydrogen-bond donors (Lipinski definition) is 0. The first-order valence-corrected chi connectivity index (χ1v) is 6.82. The molecule has 0 saturated carbocycles. The topological polar surface area (TPSA) is 26.3 Å². The average molecular weight is 289 g/mol. The second-order valence-electron chi connectivity index (χ2n) is 3.71. The van der Waals surface area contributed by atoms with Gasteiger partial charge in [0.05, 0.1) is 11.0 Å². The summed E-state index contributed by atoms with van der Waals surface area (Å²) < 4.78 is 6.47. The summed E-state index contributed by atoms with van der Waals surface area (Å²) in [4.78, 5) is 12.7. The van der Waals surface area contributed by atoms with Crippen LogP contribution in [0.3, 0.4) is 0 Å². The van der Waals surface area contributed by atoms with Gasteiger partial charge in [-0.3, -0.25) is 4.79 Å². The minimum Gasteiger partial charge on any atom is -0.378 e. The second-order valence-corrected chi connectivity index (χ2v) is 5.48. The summed E-state index contributed by atoms with van der Waals surface area (Å²) in [5.74, 6) is 0.198. The van der Waals surface area contributed by atoms with Gasteiger partial charge in [0.2, 0.25) is 0 Å². The molecular formula is C11H13BrO2S. The van der Waals surface area contributed by atoms with Gasteiger partial charge in [-0.15, -0.1) is 11.3 Å². The monoisotopic (exact) mass is 288 g/mol. The highest BCUT2D eigenvalue weighted by molar-refractivity contribution is 9.10. The molecule has 4 heteroatoms. The molecule has 1 aromatic rings. The third kappa shape index (κ3) is 2.89. The number of ether oxygens (including phenoxy) is 1. The maximum absolute atomic E-state index is 11.9. The molecule has 1 saturated heterocycles. The van der Waals surface area contributed by atoms with Crippen LogP contribution >= 0.6 is 27.3 Å². The van der Waals surface area contributed by atoms with E-state index in [-0.39, 0.29) is 11.9 Å². The van der Waals surface area contributed by atoms with Gasteiger partial charge in [0.1, 0.15) is 0 Å². The van der Waals surface area contributed by atoms with Crippen LogP contribution in [0, 0.1) is 0 Å². The van der Waals surface area contributed by atoms with Gasteiger partial charge in [-0.05, 0) is 46.6 Å². The zero-order valence-electron chi connectivity index (χ0n) is 8.37. The van der Waals surface area contributed by atoms with Crippen molar-refractivity contribution in [2.24, 2.45) is 0 Å². The van der Waals surface area contributed by atoms with Crippen LogP contribution < -0.4 is 0 Å². The minimum absolute atomic E-state index is 0.139. The zero-order chi connectivity index (χ0) is 10.7. The Kier molecular flexibility index (Phi) is 3.94. The molecule has 0 amide bonds. The van der Waals surface area contributed by atoms with E-state index in [1.54, 1.807) is 0 Å². The van der Waals surface area contributed by atoms with Crippen molar-refractivity contribution in [1.29, 1.82) is 0 Å². The molecule has 1 unspecified atom stereocenters. The number of halogens is 1. The average Bonchev–Trinajstić information content (AvgIpc) is 2.66. The number of rotatable bonds is 3. The Hall–Kier alpha value is -0.190. The Bertz CT molecular complexity index is 342. The molecule has 1 atom stereocenters. The van der Waals surface area contributed by atoms with E-state index in [4.69, 9.17) is 4.74 Å². The SMILES string of the molecule is O=C(CC1CCCCO1)c1sccc1Br. The van der Waals surface area contributed by atoms with Crippen LogP contribution in [0.4, 0.5) is 0 Å². The molecule has 0 aliphatic carbocycles. The Morgan fingerprint density at radius 2 is 2.47 bits per heavy atom. The zero-order valence-corrected chi connectivity index (χ0v) is 10.8. The molecule has 15 heavy (non-hydrogen) atoms.